The van der Waals surface area contributed by atoms with Gasteiger partial charge in [-0.2, -0.15) is 0 Å². The molecule has 0 bridgehead atoms. The van der Waals surface area contributed by atoms with Crippen LogP contribution in [0, 0.1) is 0 Å². The Bertz CT molecular complexity index is 111. The number of hydrogen-bond donors (Lipinski definition) is 6. The number of aliphatic hydroxyl groups is 3. The lowest BCUT2D eigenvalue weighted by Crippen LogP contribution is -2.44. The van der Waals surface area contributed by atoms with E-state index in [-0.39, 0.29) is 6.61 Å². The van der Waals surface area contributed by atoms with E-state index < -0.39 is 18.5 Å². The van der Waals surface area contributed by atoms with E-state index in [4.69, 9.17) is 30.4 Å². The number of rotatable bonds is 1. The van der Waals surface area contributed by atoms with Gasteiger partial charge in [-0.05, 0) is 34.6 Å². The van der Waals surface area contributed by atoms with E-state index in [1.54, 1.807) is 34.6 Å². The predicted octanol–water partition coefficient (Wildman–Crippen LogP) is -1.53. The van der Waals surface area contributed by atoms with Crippen LogP contribution in [0.2, 0.25) is 0 Å². The molecular formula is C8H23BO6. The summed E-state index contributed by atoms with van der Waals surface area (Å²) in [6.07, 6.45) is 0. The van der Waals surface area contributed by atoms with Gasteiger partial charge in [0, 0.05) is 6.61 Å². The van der Waals surface area contributed by atoms with Gasteiger partial charge in [0.25, 0.3) is 0 Å². The van der Waals surface area contributed by atoms with Crippen molar-refractivity contribution in [1.29, 1.82) is 0 Å². The van der Waals surface area contributed by atoms with Gasteiger partial charge in [0.2, 0.25) is 0 Å². The Kier molecular flexibility index (Phi) is 12.3. The van der Waals surface area contributed by atoms with Gasteiger partial charge in [-0.25, -0.2) is 0 Å². The lowest BCUT2D eigenvalue weighted by atomic mass is 9.90. The summed E-state index contributed by atoms with van der Waals surface area (Å²) in [6, 6.07) is 0. The van der Waals surface area contributed by atoms with Gasteiger partial charge in [-0.15, -0.1) is 0 Å². The van der Waals surface area contributed by atoms with Crippen LogP contribution < -0.4 is 0 Å². The van der Waals surface area contributed by atoms with E-state index >= 15 is 0 Å². The van der Waals surface area contributed by atoms with Gasteiger partial charge in [-0.1, -0.05) is 0 Å². The molecule has 0 fully saturated rings. The van der Waals surface area contributed by atoms with Crippen LogP contribution in [0.15, 0.2) is 0 Å². The molecule has 0 aliphatic rings. The Balaban J connectivity index is -0.000000173. The molecule has 0 aromatic carbocycles. The third-order valence-corrected chi connectivity index (χ3v) is 1.50. The summed E-state index contributed by atoms with van der Waals surface area (Å²) in [5.74, 6) is 0. The highest BCUT2D eigenvalue weighted by atomic mass is 16.5. The van der Waals surface area contributed by atoms with E-state index in [0.29, 0.717) is 0 Å². The number of aliphatic hydroxyl groups excluding tert-OH is 1. The Morgan fingerprint density at radius 1 is 0.867 bits per heavy atom. The van der Waals surface area contributed by atoms with E-state index in [0.717, 1.165) is 0 Å². The van der Waals surface area contributed by atoms with Crippen molar-refractivity contribution in [1.82, 2.24) is 0 Å². The highest BCUT2D eigenvalue weighted by Crippen LogP contribution is 2.19. The molecule has 0 saturated heterocycles. The summed E-state index contributed by atoms with van der Waals surface area (Å²) in [5, 5.41) is 47.3. The third-order valence-electron chi connectivity index (χ3n) is 1.50. The Morgan fingerprint density at radius 2 is 0.933 bits per heavy atom. The highest BCUT2D eigenvalue weighted by Gasteiger charge is 2.31. The Morgan fingerprint density at radius 3 is 0.933 bits per heavy atom. The monoisotopic (exact) mass is 226 g/mol. The molecule has 0 aliphatic heterocycles. The molecule has 0 amide bonds. The molecule has 6 N–H and O–H groups in total. The molecule has 94 valence electrons. The van der Waals surface area contributed by atoms with Crippen molar-refractivity contribution in [3.05, 3.63) is 0 Å². The van der Waals surface area contributed by atoms with Gasteiger partial charge in [-0.3, -0.25) is 0 Å². The topological polar surface area (TPSA) is 121 Å². The van der Waals surface area contributed by atoms with Gasteiger partial charge in [0.05, 0.1) is 11.2 Å². The van der Waals surface area contributed by atoms with Crippen molar-refractivity contribution in [3.63, 3.8) is 0 Å². The second-order valence-electron chi connectivity index (χ2n) is 3.78. The van der Waals surface area contributed by atoms with E-state index in [2.05, 4.69) is 0 Å². The van der Waals surface area contributed by atoms with Crippen LogP contribution in [-0.4, -0.2) is 55.5 Å². The molecule has 6 nitrogen and oxygen atoms in total. The SMILES string of the molecule is CC(C)(O)C(C)(C)O.CCO.OB(O)O. The minimum Gasteiger partial charge on any atom is -0.402 e. The molecule has 0 aromatic heterocycles. The molecular weight excluding hydrogens is 203 g/mol. The average Bonchev–Trinajstić information content (AvgIpc) is 1.81. The molecule has 0 rings (SSSR count). The fraction of sp³-hybridized carbons (Fsp3) is 1.00. The van der Waals surface area contributed by atoms with Crippen LogP contribution in [-0.2, 0) is 0 Å². The predicted molar refractivity (Wildman–Crippen MR) is 57.8 cm³/mol. The van der Waals surface area contributed by atoms with Crippen molar-refractivity contribution in [3.8, 4) is 0 Å². The summed E-state index contributed by atoms with van der Waals surface area (Å²) in [6.45, 7) is 8.24. The molecule has 0 spiro atoms. The zero-order chi connectivity index (χ0) is 13.3. The van der Waals surface area contributed by atoms with Crippen molar-refractivity contribution in [2.75, 3.05) is 6.61 Å². The first-order chi connectivity index (χ1) is 6.40. The summed E-state index contributed by atoms with van der Waals surface area (Å²) in [7, 11) is -2.17. The van der Waals surface area contributed by atoms with Crippen LogP contribution in [0.1, 0.15) is 34.6 Å². The maximum absolute atomic E-state index is 9.10. The standard InChI is InChI=1S/C6H14O2.C2H6O.BH3O3/c1-5(2,7)6(3,4)8;1-2-3;2-1(3)4/h7-8H,1-4H3;3H,2H2,1H3;2-4H. The van der Waals surface area contributed by atoms with E-state index in [9.17, 15) is 0 Å². The molecule has 0 saturated carbocycles. The maximum atomic E-state index is 9.10. The van der Waals surface area contributed by atoms with Crippen LogP contribution in [0.25, 0.3) is 0 Å². The molecule has 15 heavy (non-hydrogen) atoms. The second-order valence-corrected chi connectivity index (χ2v) is 3.78. The summed E-state index contributed by atoms with van der Waals surface area (Å²) in [4.78, 5) is 0. The fourth-order valence-electron chi connectivity index (χ4n) is 0. The molecule has 0 aromatic rings. The van der Waals surface area contributed by atoms with Crippen molar-refractivity contribution < 1.29 is 30.4 Å². The first-order valence-electron chi connectivity index (χ1n) is 4.50. The Labute approximate surface area is 91.0 Å². The average molecular weight is 226 g/mol. The zero-order valence-electron chi connectivity index (χ0n) is 9.97. The first-order valence-corrected chi connectivity index (χ1v) is 4.50. The first kappa shape index (κ1) is 20.3. The van der Waals surface area contributed by atoms with Crippen LogP contribution in [0.3, 0.4) is 0 Å². The van der Waals surface area contributed by atoms with Gasteiger partial charge in [0.15, 0.2) is 0 Å². The van der Waals surface area contributed by atoms with Crippen molar-refractivity contribution >= 4 is 7.32 Å². The molecule has 0 aliphatic carbocycles. The van der Waals surface area contributed by atoms with E-state index in [1.165, 1.54) is 0 Å². The molecule has 7 heteroatoms. The van der Waals surface area contributed by atoms with Gasteiger partial charge in [0.1, 0.15) is 0 Å². The molecule has 0 unspecified atom stereocenters. The van der Waals surface area contributed by atoms with Crippen molar-refractivity contribution in [2.45, 2.75) is 45.8 Å². The normalized spacial score (nSPS) is 10.6. The largest absolute Gasteiger partial charge is 0.631 e. The highest BCUT2D eigenvalue weighted by molar-refractivity contribution is 6.30. The molecule has 0 radical (unpaired) electrons. The fourth-order valence-corrected chi connectivity index (χ4v) is 0. The van der Waals surface area contributed by atoms with Crippen LogP contribution in [0.4, 0.5) is 0 Å². The number of hydrogen-bond acceptors (Lipinski definition) is 6. The summed E-state index contributed by atoms with van der Waals surface area (Å²) in [5.41, 5.74) is -2.01. The third kappa shape index (κ3) is 24.8. The molecule has 0 heterocycles. The van der Waals surface area contributed by atoms with Gasteiger partial charge < -0.3 is 30.4 Å². The molecule has 0 atom stereocenters. The van der Waals surface area contributed by atoms with Gasteiger partial charge >= 0.3 is 7.32 Å². The Hall–Kier alpha value is -0.175. The minimum absolute atomic E-state index is 0.250. The second kappa shape index (κ2) is 9.08. The van der Waals surface area contributed by atoms with Crippen LogP contribution in [0.5, 0.6) is 0 Å². The van der Waals surface area contributed by atoms with Crippen LogP contribution >= 0.6 is 0 Å². The summed E-state index contributed by atoms with van der Waals surface area (Å²) >= 11 is 0. The zero-order valence-corrected chi connectivity index (χ0v) is 9.97. The van der Waals surface area contributed by atoms with E-state index in [1.807, 2.05) is 0 Å². The quantitative estimate of drug-likeness (QED) is 0.302. The summed E-state index contributed by atoms with van der Waals surface area (Å²) < 4.78 is 0. The lowest BCUT2D eigenvalue weighted by Gasteiger charge is -2.31. The minimum atomic E-state index is -2.17. The maximum Gasteiger partial charge on any atom is 0.631 e. The lowest BCUT2D eigenvalue weighted by molar-refractivity contribution is -0.107. The van der Waals surface area contributed by atoms with Crippen molar-refractivity contribution in [2.24, 2.45) is 0 Å². The smallest absolute Gasteiger partial charge is 0.402 e.